The quantitative estimate of drug-likeness (QED) is 0.486. The van der Waals surface area contributed by atoms with Crippen LogP contribution >= 0.6 is 0 Å². The van der Waals surface area contributed by atoms with E-state index in [0.717, 1.165) is 12.8 Å². The van der Waals surface area contributed by atoms with Gasteiger partial charge in [-0.2, -0.15) is 0 Å². The molecule has 0 amide bonds. The fourth-order valence-corrected chi connectivity index (χ4v) is 1.20. The van der Waals surface area contributed by atoms with Crippen LogP contribution in [-0.2, 0) is 0 Å². The molecule has 0 saturated carbocycles. The van der Waals surface area contributed by atoms with Gasteiger partial charge in [-0.15, -0.1) is 0 Å². The zero-order valence-electron chi connectivity index (χ0n) is 8.08. The van der Waals surface area contributed by atoms with Crippen LogP contribution in [-0.4, -0.2) is 0 Å². The second-order valence-electron chi connectivity index (χ2n) is 3.14. The van der Waals surface area contributed by atoms with Crippen LogP contribution in [0.3, 0.4) is 0 Å². The molecular weight excluding hydrogens is 156 g/mol. The Labute approximate surface area is 81.4 Å². The van der Waals surface area contributed by atoms with Gasteiger partial charge in [0.2, 0.25) is 0 Å². The summed E-state index contributed by atoms with van der Waals surface area (Å²) in [5.41, 5.74) is 0. The molecule has 0 fully saturated rings. The van der Waals surface area contributed by atoms with Gasteiger partial charge in [0.1, 0.15) is 0 Å². The minimum Gasteiger partial charge on any atom is -0.0885 e. The van der Waals surface area contributed by atoms with Gasteiger partial charge in [-0.25, -0.2) is 0 Å². The summed E-state index contributed by atoms with van der Waals surface area (Å²) in [4.78, 5) is 0. The minimum absolute atomic E-state index is 1.14. The summed E-state index contributed by atoms with van der Waals surface area (Å²) in [7, 11) is 0. The Morgan fingerprint density at radius 2 is 1.62 bits per heavy atom. The average Bonchev–Trinajstić information content (AvgIpc) is 2.18. The smallest absolute Gasteiger partial charge is 0.0227 e. The maximum absolute atomic E-state index is 3.14. The Morgan fingerprint density at radius 3 is 2.62 bits per heavy atom. The molecule has 0 aromatic heterocycles. The lowest BCUT2D eigenvalue weighted by Gasteiger charge is -1.89. The summed E-state index contributed by atoms with van der Waals surface area (Å²) >= 11 is 0. The third-order valence-electron chi connectivity index (χ3n) is 1.94. The second-order valence-corrected chi connectivity index (χ2v) is 3.14. The lowest BCUT2D eigenvalue weighted by molar-refractivity contribution is 0.861. The third-order valence-corrected chi connectivity index (χ3v) is 1.94. The van der Waals surface area contributed by atoms with Crippen LogP contribution in [0.5, 0.6) is 0 Å². The topological polar surface area (TPSA) is 0 Å². The van der Waals surface area contributed by atoms with E-state index in [1.165, 1.54) is 19.3 Å². The first-order chi connectivity index (χ1) is 6.50. The molecule has 0 heteroatoms. The lowest BCUT2D eigenvalue weighted by atomic mass is 10.2. The van der Waals surface area contributed by atoms with E-state index in [0.29, 0.717) is 0 Å². The van der Waals surface area contributed by atoms with Gasteiger partial charge in [-0.3, -0.25) is 0 Å². The third kappa shape index (κ3) is 6.15. The molecule has 0 aliphatic heterocycles. The van der Waals surface area contributed by atoms with Crippen molar-refractivity contribution < 1.29 is 0 Å². The minimum atomic E-state index is 1.14. The number of hydrogen-bond donors (Lipinski definition) is 0. The molecule has 0 N–H and O–H groups in total. The van der Waals surface area contributed by atoms with E-state index >= 15 is 0 Å². The molecule has 0 heterocycles. The van der Waals surface area contributed by atoms with Gasteiger partial charge in [0.05, 0.1) is 0 Å². The first-order valence-electron chi connectivity index (χ1n) is 5.04. The average molecular weight is 173 g/mol. The molecule has 13 heavy (non-hydrogen) atoms. The molecule has 0 bridgehead atoms. The summed E-state index contributed by atoms with van der Waals surface area (Å²) in [6, 6.07) is 0. The standard InChI is InChI=1S/C13H17/c1-2-4-6-8-10-12-13-11-9-7-5-3-1/h1-4,8-9,11H,5,7,10,12-13H2/b3-1+,4-2+,8-6?,11-9-. The van der Waals surface area contributed by atoms with Crippen molar-refractivity contribution in [2.45, 2.75) is 32.1 Å². The van der Waals surface area contributed by atoms with E-state index in [-0.39, 0.29) is 0 Å². The lowest BCUT2D eigenvalue weighted by Crippen LogP contribution is -1.69. The van der Waals surface area contributed by atoms with Crippen LogP contribution in [0.4, 0.5) is 0 Å². The Bertz CT molecular complexity index is 216. The summed E-state index contributed by atoms with van der Waals surface area (Å²) < 4.78 is 0. The number of hydrogen-bond acceptors (Lipinski definition) is 0. The van der Waals surface area contributed by atoms with E-state index in [1.54, 1.807) is 0 Å². The van der Waals surface area contributed by atoms with Crippen LogP contribution in [0.1, 0.15) is 32.1 Å². The van der Waals surface area contributed by atoms with Gasteiger partial charge in [0.15, 0.2) is 0 Å². The Kier molecular flexibility index (Phi) is 5.87. The van der Waals surface area contributed by atoms with Crippen molar-refractivity contribution in [2.75, 3.05) is 0 Å². The maximum atomic E-state index is 3.14. The number of rotatable bonds is 0. The fourth-order valence-electron chi connectivity index (χ4n) is 1.20. The highest BCUT2D eigenvalue weighted by molar-refractivity contribution is 5.07. The monoisotopic (exact) mass is 173 g/mol. The van der Waals surface area contributed by atoms with Crippen LogP contribution in [0.2, 0.25) is 0 Å². The molecule has 0 aromatic rings. The largest absolute Gasteiger partial charge is 0.0885 e. The molecule has 0 spiro atoms. The maximum Gasteiger partial charge on any atom is -0.0227 e. The van der Waals surface area contributed by atoms with E-state index in [2.05, 4.69) is 36.5 Å². The van der Waals surface area contributed by atoms with Crippen molar-refractivity contribution in [2.24, 2.45) is 0 Å². The SMILES string of the molecule is [C]1=C/CCC/C=C\CC/C=C/C=C/1. The van der Waals surface area contributed by atoms with Gasteiger partial charge < -0.3 is 0 Å². The van der Waals surface area contributed by atoms with Gasteiger partial charge >= 0.3 is 0 Å². The van der Waals surface area contributed by atoms with Crippen LogP contribution < -0.4 is 0 Å². The zero-order chi connectivity index (χ0) is 9.19. The summed E-state index contributed by atoms with van der Waals surface area (Å²) in [5, 5.41) is 0. The predicted octanol–water partition coefficient (Wildman–Crippen LogP) is 3.98. The second kappa shape index (κ2) is 7.60. The molecule has 0 aromatic carbocycles. The normalized spacial score (nSPS) is 28.9. The highest BCUT2D eigenvalue weighted by Crippen LogP contribution is 2.01. The Hall–Kier alpha value is -1.04. The van der Waals surface area contributed by atoms with Crippen molar-refractivity contribution in [3.63, 3.8) is 0 Å². The zero-order valence-corrected chi connectivity index (χ0v) is 8.08. The molecule has 1 aliphatic carbocycles. The van der Waals surface area contributed by atoms with Gasteiger partial charge in [0.25, 0.3) is 0 Å². The van der Waals surface area contributed by atoms with Gasteiger partial charge in [-0.05, 0) is 38.2 Å². The summed E-state index contributed by atoms with van der Waals surface area (Å²) in [6.07, 6.45) is 24.0. The summed E-state index contributed by atoms with van der Waals surface area (Å²) in [5.74, 6) is 0. The molecule has 69 valence electrons. The Morgan fingerprint density at radius 1 is 0.769 bits per heavy atom. The number of allylic oxidation sites excluding steroid dienone is 8. The van der Waals surface area contributed by atoms with Crippen molar-refractivity contribution in [3.8, 4) is 0 Å². The van der Waals surface area contributed by atoms with E-state index in [4.69, 9.17) is 0 Å². The van der Waals surface area contributed by atoms with Crippen molar-refractivity contribution in [3.05, 3.63) is 48.6 Å². The highest BCUT2D eigenvalue weighted by atomic mass is 13.9. The van der Waals surface area contributed by atoms with Crippen molar-refractivity contribution in [1.82, 2.24) is 0 Å². The van der Waals surface area contributed by atoms with E-state index in [9.17, 15) is 0 Å². The first kappa shape index (κ1) is 10.0. The molecule has 0 nitrogen and oxygen atoms in total. The molecular formula is C13H17. The first-order valence-corrected chi connectivity index (χ1v) is 5.04. The molecule has 0 saturated heterocycles. The Balaban J connectivity index is 2.38. The fraction of sp³-hybridized carbons (Fsp3) is 0.385. The molecule has 0 unspecified atom stereocenters. The molecule has 1 rings (SSSR count). The van der Waals surface area contributed by atoms with Crippen molar-refractivity contribution >= 4 is 0 Å². The van der Waals surface area contributed by atoms with Crippen LogP contribution in [0.25, 0.3) is 0 Å². The van der Waals surface area contributed by atoms with Crippen LogP contribution in [0.15, 0.2) is 42.5 Å². The van der Waals surface area contributed by atoms with Gasteiger partial charge in [0, 0.05) is 0 Å². The van der Waals surface area contributed by atoms with E-state index in [1.807, 2.05) is 12.2 Å². The van der Waals surface area contributed by atoms with Crippen LogP contribution in [0, 0.1) is 6.08 Å². The molecule has 0 atom stereocenters. The van der Waals surface area contributed by atoms with Gasteiger partial charge in [-0.1, -0.05) is 42.5 Å². The molecule has 1 radical (unpaired) electrons. The summed E-state index contributed by atoms with van der Waals surface area (Å²) in [6.45, 7) is 0. The highest BCUT2D eigenvalue weighted by Gasteiger charge is 1.81. The van der Waals surface area contributed by atoms with Crippen molar-refractivity contribution in [1.29, 1.82) is 0 Å². The van der Waals surface area contributed by atoms with E-state index < -0.39 is 0 Å². The molecule has 1 aliphatic rings. The predicted molar refractivity (Wildman–Crippen MR) is 58.3 cm³/mol.